The van der Waals surface area contributed by atoms with Crippen LogP contribution in [0.3, 0.4) is 0 Å². The van der Waals surface area contributed by atoms with Crippen LogP contribution in [0.1, 0.15) is 56.7 Å². The highest BCUT2D eigenvalue weighted by Gasteiger charge is 2.37. The van der Waals surface area contributed by atoms with E-state index in [1.807, 2.05) is 0 Å². The maximum atomic E-state index is 4.49. The summed E-state index contributed by atoms with van der Waals surface area (Å²) in [5.74, 6) is 2.31. The quantitative estimate of drug-likeness (QED) is 0.850. The van der Waals surface area contributed by atoms with E-state index < -0.39 is 0 Å². The number of aryl methyl sites for hydroxylation is 1. The molecule has 4 nitrogen and oxygen atoms in total. The van der Waals surface area contributed by atoms with E-state index in [0.29, 0.717) is 6.04 Å². The smallest absolute Gasteiger partial charge is 0.140 e. The molecule has 2 heterocycles. The van der Waals surface area contributed by atoms with E-state index in [-0.39, 0.29) is 5.41 Å². The van der Waals surface area contributed by atoms with Gasteiger partial charge in [0.25, 0.3) is 0 Å². The third kappa shape index (κ3) is 1.79. The van der Waals surface area contributed by atoms with Crippen LogP contribution in [-0.2, 0) is 5.41 Å². The number of rotatable bonds is 2. The molecule has 2 fully saturated rings. The van der Waals surface area contributed by atoms with Crippen LogP contribution in [-0.4, -0.2) is 27.9 Å². The van der Waals surface area contributed by atoms with Gasteiger partial charge in [-0.15, -0.1) is 10.2 Å². The molecular weight excluding hydrogens is 212 g/mol. The molecule has 4 heteroatoms. The molecule has 0 aromatic carbocycles. The number of nitrogens with one attached hydrogen (secondary N) is 1. The van der Waals surface area contributed by atoms with Crippen LogP contribution < -0.4 is 5.32 Å². The minimum atomic E-state index is 0.184. The van der Waals surface area contributed by atoms with Crippen molar-refractivity contribution < 1.29 is 0 Å². The molecule has 1 aromatic heterocycles. The summed E-state index contributed by atoms with van der Waals surface area (Å²) in [4.78, 5) is 0. The minimum absolute atomic E-state index is 0.184. The molecule has 17 heavy (non-hydrogen) atoms. The number of nitrogens with zero attached hydrogens (tertiary/aromatic N) is 3. The lowest BCUT2D eigenvalue weighted by molar-refractivity contribution is 0.409. The molecule has 1 aliphatic heterocycles. The topological polar surface area (TPSA) is 42.7 Å². The fourth-order valence-electron chi connectivity index (χ4n) is 3.39. The van der Waals surface area contributed by atoms with Gasteiger partial charge in [0, 0.05) is 18.0 Å². The normalized spacial score (nSPS) is 30.2. The maximum Gasteiger partial charge on any atom is 0.140 e. The van der Waals surface area contributed by atoms with Crippen LogP contribution in [0.25, 0.3) is 0 Å². The van der Waals surface area contributed by atoms with E-state index in [2.05, 4.69) is 33.9 Å². The summed E-state index contributed by atoms with van der Waals surface area (Å²) in [5, 5.41) is 12.3. The summed E-state index contributed by atoms with van der Waals surface area (Å²) in [6.45, 7) is 6.56. The van der Waals surface area contributed by atoms with Crippen molar-refractivity contribution in [1.29, 1.82) is 0 Å². The van der Waals surface area contributed by atoms with Crippen molar-refractivity contribution >= 4 is 0 Å². The van der Waals surface area contributed by atoms with Crippen molar-refractivity contribution in [2.75, 3.05) is 13.1 Å². The molecule has 1 N–H and O–H groups in total. The Kier molecular flexibility index (Phi) is 2.69. The lowest BCUT2D eigenvalue weighted by Gasteiger charge is -2.25. The van der Waals surface area contributed by atoms with Crippen LogP contribution >= 0.6 is 0 Å². The first-order chi connectivity index (χ1) is 8.21. The molecule has 0 radical (unpaired) electrons. The zero-order valence-corrected chi connectivity index (χ0v) is 10.9. The van der Waals surface area contributed by atoms with Crippen LogP contribution in [0, 0.1) is 6.92 Å². The summed E-state index contributed by atoms with van der Waals surface area (Å²) in [7, 11) is 0. The lowest BCUT2D eigenvalue weighted by Crippen LogP contribution is -2.30. The Morgan fingerprint density at radius 1 is 1.29 bits per heavy atom. The van der Waals surface area contributed by atoms with Crippen LogP contribution in [0.15, 0.2) is 0 Å². The van der Waals surface area contributed by atoms with Gasteiger partial charge >= 0.3 is 0 Å². The summed E-state index contributed by atoms with van der Waals surface area (Å²) in [6.07, 6.45) is 6.50. The molecule has 1 unspecified atom stereocenters. The second-order valence-corrected chi connectivity index (χ2v) is 5.87. The van der Waals surface area contributed by atoms with Crippen molar-refractivity contribution in [1.82, 2.24) is 20.1 Å². The Morgan fingerprint density at radius 2 is 2.06 bits per heavy atom. The number of hydrogen-bond acceptors (Lipinski definition) is 3. The average Bonchev–Trinajstić information content (AvgIpc) is 2.97. The molecule has 0 spiro atoms. The van der Waals surface area contributed by atoms with Crippen LogP contribution in [0.2, 0.25) is 0 Å². The van der Waals surface area contributed by atoms with E-state index in [0.717, 1.165) is 18.9 Å². The molecule has 94 valence electrons. The van der Waals surface area contributed by atoms with Gasteiger partial charge in [-0.3, -0.25) is 0 Å². The summed E-state index contributed by atoms with van der Waals surface area (Å²) >= 11 is 0. The Bertz CT molecular complexity index is 398. The van der Waals surface area contributed by atoms with E-state index in [1.54, 1.807) is 0 Å². The molecule has 1 saturated carbocycles. The minimum Gasteiger partial charge on any atom is -0.316 e. The second kappa shape index (κ2) is 4.09. The fraction of sp³-hybridized carbons (Fsp3) is 0.846. The van der Waals surface area contributed by atoms with Crippen LogP contribution in [0.5, 0.6) is 0 Å². The predicted octanol–water partition coefficient (Wildman–Crippen LogP) is 1.95. The zero-order chi connectivity index (χ0) is 11.9. The molecule has 0 bridgehead atoms. The molecule has 1 aliphatic carbocycles. The van der Waals surface area contributed by atoms with Gasteiger partial charge in [-0.05, 0) is 32.7 Å². The van der Waals surface area contributed by atoms with Gasteiger partial charge in [0.05, 0.1) is 0 Å². The largest absolute Gasteiger partial charge is 0.316 e. The van der Waals surface area contributed by atoms with Gasteiger partial charge in [-0.2, -0.15) is 0 Å². The molecule has 1 saturated heterocycles. The highest BCUT2D eigenvalue weighted by Crippen LogP contribution is 2.36. The average molecular weight is 234 g/mol. The SMILES string of the molecule is Cc1nnc(C2(C)CCNC2)n1C1CCCC1. The number of aromatic nitrogens is 3. The maximum absolute atomic E-state index is 4.49. The fourth-order valence-corrected chi connectivity index (χ4v) is 3.39. The van der Waals surface area contributed by atoms with Crippen molar-refractivity contribution in [2.24, 2.45) is 0 Å². The zero-order valence-electron chi connectivity index (χ0n) is 10.9. The number of hydrogen-bond donors (Lipinski definition) is 1. The van der Waals surface area contributed by atoms with Crippen molar-refractivity contribution in [3.8, 4) is 0 Å². The van der Waals surface area contributed by atoms with Gasteiger partial charge in [0.1, 0.15) is 11.6 Å². The van der Waals surface area contributed by atoms with Gasteiger partial charge in [-0.25, -0.2) is 0 Å². The van der Waals surface area contributed by atoms with Gasteiger partial charge in [-0.1, -0.05) is 19.8 Å². The second-order valence-electron chi connectivity index (χ2n) is 5.87. The predicted molar refractivity (Wildman–Crippen MR) is 67.1 cm³/mol. The third-order valence-electron chi connectivity index (χ3n) is 4.46. The first kappa shape index (κ1) is 11.2. The van der Waals surface area contributed by atoms with E-state index in [1.165, 1.54) is 37.9 Å². The summed E-state index contributed by atoms with van der Waals surface area (Å²) < 4.78 is 2.43. The summed E-state index contributed by atoms with van der Waals surface area (Å²) in [5.41, 5.74) is 0.184. The van der Waals surface area contributed by atoms with Crippen LogP contribution in [0.4, 0.5) is 0 Å². The van der Waals surface area contributed by atoms with Gasteiger partial charge in [0.2, 0.25) is 0 Å². The molecule has 1 aromatic rings. The standard InChI is InChI=1S/C13H22N4/c1-10-15-16-12(13(2)7-8-14-9-13)17(10)11-5-3-4-6-11/h11,14H,3-9H2,1-2H3. The third-order valence-corrected chi connectivity index (χ3v) is 4.46. The first-order valence-electron chi connectivity index (χ1n) is 6.83. The Hall–Kier alpha value is -0.900. The monoisotopic (exact) mass is 234 g/mol. The van der Waals surface area contributed by atoms with E-state index in [4.69, 9.17) is 0 Å². The van der Waals surface area contributed by atoms with Gasteiger partial charge in [0.15, 0.2) is 0 Å². The van der Waals surface area contributed by atoms with Crippen molar-refractivity contribution in [2.45, 2.75) is 57.4 Å². The van der Waals surface area contributed by atoms with Crippen molar-refractivity contribution in [3.63, 3.8) is 0 Å². The Balaban J connectivity index is 1.99. The highest BCUT2D eigenvalue weighted by atomic mass is 15.3. The summed E-state index contributed by atoms with van der Waals surface area (Å²) in [6, 6.07) is 0.650. The molecular formula is C13H22N4. The lowest BCUT2D eigenvalue weighted by atomic mass is 9.88. The Labute approximate surface area is 103 Å². The molecule has 3 rings (SSSR count). The van der Waals surface area contributed by atoms with Crippen molar-refractivity contribution in [3.05, 3.63) is 11.6 Å². The highest BCUT2D eigenvalue weighted by molar-refractivity contribution is 5.14. The Morgan fingerprint density at radius 3 is 2.71 bits per heavy atom. The van der Waals surface area contributed by atoms with Gasteiger partial charge < -0.3 is 9.88 Å². The first-order valence-corrected chi connectivity index (χ1v) is 6.83. The van der Waals surface area contributed by atoms with E-state index in [9.17, 15) is 0 Å². The molecule has 2 aliphatic rings. The molecule has 0 amide bonds. The van der Waals surface area contributed by atoms with E-state index >= 15 is 0 Å². The molecule has 1 atom stereocenters.